The number of anilines is 1. The highest BCUT2D eigenvalue weighted by molar-refractivity contribution is 5.30. The van der Waals surface area contributed by atoms with Gasteiger partial charge in [-0.1, -0.05) is 20.8 Å². The number of aryl methyl sites for hydroxylation is 1. The highest BCUT2D eigenvalue weighted by atomic mass is 16.1. The van der Waals surface area contributed by atoms with E-state index in [0.29, 0.717) is 12.4 Å². The van der Waals surface area contributed by atoms with Gasteiger partial charge in [0.05, 0.1) is 0 Å². The van der Waals surface area contributed by atoms with Crippen molar-refractivity contribution >= 4 is 5.82 Å². The van der Waals surface area contributed by atoms with Gasteiger partial charge in [-0.15, -0.1) is 0 Å². The fourth-order valence-corrected chi connectivity index (χ4v) is 1.37. The molecule has 0 aromatic carbocycles. The molecule has 0 saturated heterocycles. The first-order valence-corrected chi connectivity index (χ1v) is 5.73. The maximum atomic E-state index is 11.8. The summed E-state index contributed by atoms with van der Waals surface area (Å²) in [5, 5.41) is 3.10. The molecule has 1 aromatic heterocycles. The number of rotatable bonds is 4. The lowest BCUT2D eigenvalue weighted by Gasteiger charge is -2.18. The van der Waals surface area contributed by atoms with Crippen LogP contribution in [0.25, 0.3) is 0 Å². The smallest absolute Gasteiger partial charge is 0.293 e. The van der Waals surface area contributed by atoms with E-state index in [0.717, 1.165) is 13.0 Å². The highest BCUT2D eigenvalue weighted by Gasteiger charge is 2.10. The van der Waals surface area contributed by atoms with Gasteiger partial charge in [0.25, 0.3) is 5.56 Å². The van der Waals surface area contributed by atoms with Crippen LogP contribution in [0.1, 0.15) is 34.1 Å². The standard InChI is InChI=1S/C12H21N3O/c1-5-15-9-8-14-10(11(15)16)13-7-6-12(2,3)4/h8-9H,5-7H2,1-4H3,(H,13,14). The molecule has 4 heteroatoms. The summed E-state index contributed by atoms with van der Waals surface area (Å²) < 4.78 is 1.65. The summed E-state index contributed by atoms with van der Waals surface area (Å²) in [6, 6.07) is 0. The Labute approximate surface area is 96.7 Å². The molecule has 90 valence electrons. The van der Waals surface area contributed by atoms with Gasteiger partial charge in [0, 0.05) is 25.5 Å². The van der Waals surface area contributed by atoms with Crippen LogP contribution >= 0.6 is 0 Å². The van der Waals surface area contributed by atoms with E-state index in [1.54, 1.807) is 17.0 Å². The molecule has 1 aromatic rings. The molecule has 0 atom stereocenters. The van der Waals surface area contributed by atoms with Gasteiger partial charge in [-0.25, -0.2) is 4.98 Å². The van der Waals surface area contributed by atoms with Gasteiger partial charge in [-0.3, -0.25) is 4.79 Å². The number of nitrogens with one attached hydrogen (secondary N) is 1. The van der Waals surface area contributed by atoms with Crippen LogP contribution in [0.2, 0.25) is 0 Å². The molecular weight excluding hydrogens is 202 g/mol. The van der Waals surface area contributed by atoms with Crippen molar-refractivity contribution in [2.24, 2.45) is 5.41 Å². The molecule has 1 rings (SSSR count). The van der Waals surface area contributed by atoms with Gasteiger partial charge in [-0.05, 0) is 18.8 Å². The van der Waals surface area contributed by atoms with Crippen molar-refractivity contribution in [3.63, 3.8) is 0 Å². The van der Waals surface area contributed by atoms with E-state index < -0.39 is 0 Å². The Kier molecular flexibility index (Phi) is 4.10. The molecule has 16 heavy (non-hydrogen) atoms. The largest absolute Gasteiger partial charge is 0.365 e. The molecule has 4 nitrogen and oxygen atoms in total. The minimum atomic E-state index is -0.0427. The van der Waals surface area contributed by atoms with Gasteiger partial charge in [0.1, 0.15) is 0 Å². The molecule has 0 amide bonds. The fourth-order valence-electron chi connectivity index (χ4n) is 1.37. The van der Waals surface area contributed by atoms with Gasteiger partial charge >= 0.3 is 0 Å². The third kappa shape index (κ3) is 3.68. The number of nitrogens with zero attached hydrogens (tertiary/aromatic N) is 2. The molecule has 0 radical (unpaired) electrons. The third-order valence-corrected chi connectivity index (χ3v) is 2.42. The van der Waals surface area contributed by atoms with E-state index in [1.807, 2.05) is 6.92 Å². The predicted octanol–water partition coefficient (Wildman–Crippen LogP) is 2.11. The van der Waals surface area contributed by atoms with Crippen molar-refractivity contribution in [2.75, 3.05) is 11.9 Å². The summed E-state index contributed by atoms with van der Waals surface area (Å²) in [4.78, 5) is 15.9. The summed E-state index contributed by atoms with van der Waals surface area (Å²) >= 11 is 0. The number of hydrogen-bond donors (Lipinski definition) is 1. The second-order valence-corrected chi connectivity index (χ2v) is 5.10. The van der Waals surface area contributed by atoms with E-state index >= 15 is 0 Å². The Balaban J connectivity index is 2.65. The third-order valence-electron chi connectivity index (χ3n) is 2.42. The van der Waals surface area contributed by atoms with Crippen LogP contribution in [-0.2, 0) is 6.54 Å². The number of aromatic nitrogens is 2. The topological polar surface area (TPSA) is 46.9 Å². The Bertz CT molecular complexity index is 390. The van der Waals surface area contributed by atoms with E-state index in [1.165, 1.54) is 0 Å². The SMILES string of the molecule is CCn1ccnc(NCCC(C)(C)C)c1=O. The van der Waals surface area contributed by atoms with Crippen LogP contribution in [0, 0.1) is 5.41 Å². The quantitative estimate of drug-likeness (QED) is 0.850. The fraction of sp³-hybridized carbons (Fsp3) is 0.667. The molecule has 0 spiro atoms. The molecule has 0 saturated carbocycles. The van der Waals surface area contributed by atoms with E-state index in [2.05, 4.69) is 31.1 Å². The second-order valence-electron chi connectivity index (χ2n) is 5.10. The summed E-state index contributed by atoms with van der Waals surface area (Å²) in [6.45, 7) is 9.93. The van der Waals surface area contributed by atoms with Crippen molar-refractivity contribution < 1.29 is 0 Å². The van der Waals surface area contributed by atoms with Crippen molar-refractivity contribution in [1.82, 2.24) is 9.55 Å². The van der Waals surface area contributed by atoms with Crippen LogP contribution in [0.5, 0.6) is 0 Å². The van der Waals surface area contributed by atoms with Crippen molar-refractivity contribution in [3.05, 3.63) is 22.7 Å². The minimum Gasteiger partial charge on any atom is -0.365 e. The lowest BCUT2D eigenvalue weighted by molar-refractivity contribution is 0.389. The lowest BCUT2D eigenvalue weighted by Crippen LogP contribution is -2.25. The zero-order valence-electron chi connectivity index (χ0n) is 10.6. The second kappa shape index (κ2) is 5.14. The summed E-state index contributed by atoms with van der Waals surface area (Å²) in [7, 11) is 0. The average Bonchev–Trinajstić information content (AvgIpc) is 2.19. The van der Waals surface area contributed by atoms with Gasteiger partial charge in [0.2, 0.25) is 0 Å². The Morgan fingerprint density at radius 1 is 1.44 bits per heavy atom. The first-order valence-electron chi connectivity index (χ1n) is 5.73. The first kappa shape index (κ1) is 12.7. The zero-order valence-corrected chi connectivity index (χ0v) is 10.6. The van der Waals surface area contributed by atoms with Crippen molar-refractivity contribution in [3.8, 4) is 0 Å². The Hall–Kier alpha value is -1.32. The first-order chi connectivity index (χ1) is 7.44. The predicted molar refractivity (Wildman–Crippen MR) is 66.7 cm³/mol. The van der Waals surface area contributed by atoms with E-state index in [9.17, 15) is 4.79 Å². The molecule has 0 bridgehead atoms. The van der Waals surface area contributed by atoms with Gasteiger partial charge < -0.3 is 9.88 Å². The summed E-state index contributed by atoms with van der Waals surface area (Å²) in [6.07, 6.45) is 4.37. The van der Waals surface area contributed by atoms with Gasteiger partial charge in [0.15, 0.2) is 5.82 Å². The maximum Gasteiger partial charge on any atom is 0.293 e. The molecule has 0 aliphatic carbocycles. The monoisotopic (exact) mass is 223 g/mol. The number of hydrogen-bond acceptors (Lipinski definition) is 3. The average molecular weight is 223 g/mol. The molecule has 0 fully saturated rings. The lowest BCUT2D eigenvalue weighted by atomic mass is 9.92. The minimum absolute atomic E-state index is 0.0427. The molecule has 0 aliphatic heterocycles. The maximum absolute atomic E-state index is 11.8. The molecule has 0 aliphatic rings. The normalized spacial score (nSPS) is 11.5. The van der Waals surface area contributed by atoms with Crippen LogP contribution in [0.15, 0.2) is 17.2 Å². The van der Waals surface area contributed by atoms with E-state index in [4.69, 9.17) is 0 Å². The molecular formula is C12H21N3O. The molecule has 0 unspecified atom stereocenters. The van der Waals surface area contributed by atoms with E-state index in [-0.39, 0.29) is 11.0 Å². The van der Waals surface area contributed by atoms with Crippen molar-refractivity contribution in [2.45, 2.75) is 40.7 Å². The van der Waals surface area contributed by atoms with Crippen LogP contribution < -0.4 is 10.9 Å². The van der Waals surface area contributed by atoms with Crippen molar-refractivity contribution in [1.29, 1.82) is 0 Å². The summed E-state index contributed by atoms with van der Waals surface area (Å²) in [5.41, 5.74) is 0.227. The van der Waals surface area contributed by atoms with Gasteiger partial charge in [-0.2, -0.15) is 0 Å². The molecule has 1 heterocycles. The highest BCUT2D eigenvalue weighted by Crippen LogP contribution is 2.17. The van der Waals surface area contributed by atoms with Crippen LogP contribution in [0.4, 0.5) is 5.82 Å². The van der Waals surface area contributed by atoms with Crippen LogP contribution in [-0.4, -0.2) is 16.1 Å². The zero-order chi connectivity index (χ0) is 12.2. The molecule has 1 N–H and O–H groups in total. The van der Waals surface area contributed by atoms with Crippen LogP contribution in [0.3, 0.4) is 0 Å². The Morgan fingerprint density at radius 3 is 2.69 bits per heavy atom. The summed E-state index contributed by atoms with van der Waals surface area (Å²) in [5.74, 6) is 0.452. The Morgan fingerprint density at radius 2 is 2.12 bits per heavy atom.